The Kier molecular flexibility index (Phi) is 5.74. The number of pyridine rings is 1. The first-order valence-electron chi connectivity index (χ1n) is 10.0. The van der Waals surface area contributed by atoms with Gasteiger partial charge in [-0.05, 0) is 42.3 Å². The molecule has 0 bridgehead atoms. The molecule has 1 N–H and O–H groups in total. The molecule has 146 valence electrons. The van der Waals surface area contributed by atoms with E-state index in [1.165, 1.54) is 0 Å². The number of aliphatic hydroxyl groups is 1. The van der Waals surface area contributed by atoms with Crippen LogP contribution in [0.2, 0.25) is 0 Å². The predicted molar refractivity (Wildman–Crippen MR) is 114 cm³/mol. The molecule has 1 fully saturated rings. The van der Waals surface area contributed by atoms with E-state index in [4.69, 9.17) is 9.40 Å². The van der Waals surface area contributed by atoms with Crippen molar-refractivity contribution in [2.75, 3.05) is 44.2 Å². The summed E-state index contributed by atoms with van der Waals surface area (Å²) >= 11 is 0. The lowest BCUT2D eigenvalue weighted by Crippen LogP contribution is -2.46. The quantitative estimate of drug-likeness (QED) is 0.710. The molecule has 3 aromatic rings. The van der Waals surface area contributed by atoms with Crippen LogP contribution in [0.15, 0.2) is 47.1 Å². The minimum atomic E-state index is 0.151. The standard InChI is InChI=1S/C23H27N3O2/c1-2-25-11-13-26(14-12-25)23-22-20(10-16-28-22)17-21(24-23)8-7-18-5-3-4-6-19(18)9-15-27/h3-8,10,16-17,27H,2,9,11-15H2,1H3. The van der Waals surface area contributed by atoms with E-state index in [1.54, 1.807) is 6.26 Å². The summed E-state index contributed by atoms with van der Waals surface area (Å²) in [4.78, 5) is 9.70. The average Bonchev–Trinajstić information content (AvgIpc) is 3.21. The first-order chi connectivity index (χ1) is 13.8. The number of furan rings is 1. The summed E-state index contributed by atoms with van der Waals surface area (Å²) in [6.07, 6.45) is 6.52. The third-order valence-electron chi connectivity index (χ3n) is 5.43. The molecule has 1 aromatic carbocycles. The van der Waals surface area contributed by atoms with E-state index in [9.17, 15) is 5.11 Å². The number of fused-ring (bicyclic) bond motifs is 1. The zero-order valence-corrected chi connectivity index (χ0v) is 16.3. The van der Waals surface area contributed by atoms with E-state index in [1.807, 2.05) is 18.2 Å². The summed E-state index contributed by atoms with van der Waals surface area (Å²) in [7, 11) is 0. The van der Waals surface area contributed by atoms with Gasteiger partial charge >= 0.3 is 0 Å². The number of likely N-dealkylation sites (N-methyl/N-ethyl adjacent to an activating group) is 1. The lowest BCUT2D eigenvalue weighted by molar-refractivity contribution is 0.270. The first kappa shape index (κ1) is 18.7. The Balaban J connectivity index is 1.64. The van der Waals surface area contributed by atoms with Crippen molar-refractivity contribution in [3.63, 3.8) is 0 Å². The molecule has 0 saturated carbocycles. The van der Waals surface area contributed by atoms with Crippen molar-refractivity contribution in [2.24, 2.45) is 0 Å². The first-order valence-corrected chi connectivity index (χ1v) is 10.0. The van der Waals surface area contributed by atoms with Gasteiger partial charge in [0.05, 0.1) is 12.0 Å². The highest BCUT2D eigenvalue weighted by Gasteiger charge is 2.20. The highest BCUT2D eigenvalue weighted by molar-refractivity contribution is 5.89. The minimum absolute atomic E-state index is 0.151. The van der Waals surface area contributed by atoms with Gasteiger partial charge in [-0.3, -0.25) is 0 Å². The van der Waals surface area contributed by atoms with Crippen molar-refractivity contribution in [3.05, 3.63) is 59.5 Å². The van der Waals surface area contributed by atoms with Crippen LogP contribution >= 0.6 is 0 Å². The van der Waals surface area contributed by atoms with Gasteiger partial charge in [-0.25, -0.2) is 4.98 Å². The summed E-state index contributed by atoms with van der Waals surface area (Å²) in [6.45, 7) is 7.47. The van der Waals surface area contributed by atoms with Crippen molar-refractivity contribution in [1.29, 1.82) is 0 Å². The van der Waals surface area contributed by atoms with Gasteiger partial charge in [0.15, 0.2) is 11.4 Å². The van der Waals surface area contributed by atoms with Crippen molar-refractivity contribution < 1.29 is 9.52 Å². The fraction of sp³-hybridized carbons (Fsp3) is 0.348. The second-order valence-electron chi connectivity index (χ2n) is 7.14. The Bertz CT molecular complexity index is 955. The molecule has 0 radical (unpaired) electrons. The normalized spacial score (nSPS) is 15.7. The topological polar surface area (TPSA) is 52.7 Å². The molecule has 0 atom stereocenters. The van der Waals surface area contributed by atoms with Crippen LogP contribution in [0.5, 0.6) is 0 Å². The maximum absolute atomic E-state index is 9.29. The largest absolute Gasteiger partial charge is 0.460 e. The van der Waals surface area contributed by atoms with Gasteiger partial charge in [-0.15, -0.1) is 0 Å². The number of hydrogen-bond acceptors (Lipinski definition) is 5. The summed E-state index contributed by atoms with van der Waals surface area (Å²) in [5, 5.41) is 10.4. The molecule has 0 aliphatic carbocycles. The molecule has 1 saturated heterocycles. The number of nitrogens with zero attached hydrogens (tertiary/aromatic N) is 3. The Labute approximate surface area is 165 Å². The van der Waals surface area contributed by atoms with Gasteiger partial charge in [-0.1, -0.05) is 37.3 Å². The van der Waals surface area contributed by atoms with Crippen LogP contribution in [0.4, 0.5) is 5.82 Å². The zero-order valence-electron chi connectivity index (χ0n) is 16.3. The van der Waals surface area contributed by atoms with Crippen LogP contribution < -0.4 is 4.90 Å². The molecular weight excluding hydrogens is 350 g/mol. The zero-order chi connectivity index (χ0) is 19.3. The number of aliphatic hydroxyl groups excluding tert-OH is 1. The minimum Gasteiger partial charge on any atom is -0.460 e. The van der Waals surface area contributed by atoms with Crippen molar-refractivity contribution in [3.8, 4) is 0 Å². The maximum atomic E-state index is 9.29. The van der Waals surface area contributed by atoms with E-state index in [-0.39, 0.29) is 6.61 Å². The van der Waals surface area contributed by atoms with Crippen LogP contribution in [-0.4, -0.2) is 54.3 Å². The SMILES string of the molecule is CCN1CCN(c2nc(C=Cc3ccccc3CCO)cc3ccoc23)CC1. The number of benzene rings is 1. The van der Waals surface area contributed by atoms with Crippen LogP contribution in [0.25, 0.3) is 23.1 Å². The summed E-state index contributed by atoms with van der Waals surface area (Å²) in [5.41, 5.74) is 4.04. The molecule has 4 rings (SSSR count). The van der Waals surface area contributed by atoms with E-state index < -0.39 is 0 Å². The third kappa shape index (κ3) is 3.96. The second-order valence-corrected chi connectivity index (χ2v) is 7.14. The molecule has 0 unspecified atom stereocenters. The number of hydrogen-bond donors (Lipinski definition) is 1. The Hall–Kier alpha value is -2.63. The Morgan fingerprint density at radius 1 is 1.11 bits per heavy atom. The van der Waals surface area contributed by atoms with Gasteiger partial charge < -0.3 is 19.3 Å². The fourth-order valence-corrected chi connectivity index (χ4v) is 3.77. The average molecular weight is 377 g/mol. The monoisotopic (exact) mass is 377 g/mol. The maximum Gasteiger partial charge on any atom is 0.176 e. The van der Waals surface area contributed by atoms with Gasteiger partial charge in [0, 0.05) is 38.2 Å². The Morgan fingerprint density at radius 2 is 1.93 bits per heavy atom. The molecule has 1 aliphatic rings. The molecule has 28 heavy (non-hydrogen) atoms. The smallest absolute Gasteiger partial charge is 0.176 e. The molecule has 2 aromatic heterocycles. The summed E-state index contributed by atoms with van der Waals surface area (Å²) in [5.74, 6) is 0.932. The van der Waals surface area contributed by atoms with Crippen LogP contribution in [0.3, 0.4) is 0 Å². The number of aromatic nitrogens is 1. The van der Waals surface area contributed by atoms with Crippen molar-refractivity contribution in [1.82, 2.24) is 9.88 Å². The molecule has 1 aliphatic heterocycles. The second kappa shape index (κ2) is 8.59. The van der Waals surface area contributed by atoms with Crippen molar-refractivity contribution >= 4 is 28.9 Å². The number of anilines is 1. The molecule has 5 nitrogen and oxygen atoms in total. The highest BCUT2D eigenvalue weighted by atomic mass is 16.3. The molecular formula is C23H27N3O2. The number of rotatable bonds is 6. The highest BCUT2D eigenvalue weighted by Crippen LogP contribution is 2.28. The van der Waals surface area contributed by atoms with E-state index in [0.717, 1.165) is 66.3 Å². The van der Waals surface area contributed by atoms with Gasteiger partial charge in [0.2, 0.25) is 0 Å². The van der Waals surface area contributed by atoms with Crippen molar-refractivity contribution in [2.45, 2.75) is 13.3 Å². The van der Waals surface area contributed by atoms with E-state index >= 15 is 0 Å². The molecule has 3 heterocycles. The van der Waals surface area contributed by atoms with Gasteiger partial charge in [0.25, 0.3) is 0 Å². The number of piperazine rings is 1. The van der Waals surface area contributed by atoms with Crippen LogP contribution in [-0.2, 0) is 6.42 Å². The fourth-order valence-electron chi connectivity index (χ4n) is 3.77. The van der Waals surface area contributed by atoms with E-state index in [2.05, 4.69) is 47.1 Å². The predicted octanol–water partition coefficient (Wildman–Crippen LogP) is 3.67. The van der Waals surface area contributed by atoms with Gasteiger partial charge in [0.1, 0.15) is 0 Å². The summed E-state index contributed by atoms with van der Waals surface area (Å²) < 4.78 is 5.75. The molecule has 0 spiro atoms. The lowest BCUT2D eigenvalue weighted by atomic mass is 10.0. The Morgan fingerprint density at radius 3 is 2.71 bits per heavy atom. The molecule has 0 amide bonds. The summed E-state index contributed by atoms with van der Waals surface area (Å²) in [6, 6.07) is 12.2. The molecule has 5 heteroatoms. The van der Waals surface area contributed by atoms with E-state index in [0.29, 0.717) is 6.42 Å². The van der Waals surface area contributed by atoms with Gasteiger partial charge in [-0.2, -0.15) is 0 Å². The lowest BCUT2D eigenvalue weighted by Gasteiger charge is -2.34. The van der Waals surface area contributed by atoms with Crippen LogP contribution in [0.1, 0.15) is 23.7 Å². The van der Waals surface area contributed by atoms with Crippen LogP contribution in [0, 0.1) is 0 Å². The third-order valence-corrected chi connectivity index (χ3v) is 5.43.